The number of hydrogen-bond donors (Lipinski definition) is 0. The van der Waals surface area contributed by atoms with E-state index < -0.39 is 0 Å². The second-order valence-corrected chi connectivity index (χ2v) is 11.6. The van der Waals surface area contributed by atoms with Gasteiger partial charge in [0.05, 0.1) is 0 Å². The van der Waals surface area contributed by atoms with Crippen LogP contribution in [0.3, 0.4) is 0 Å². The van der Waals surface area contributed by atoms with Gasteiger partial charge in [-0.15, -0.1) is 0 Å². The molecule has 1 saturated carbocycles. The monoisotopic (exact) mass is 376 g/mol. The first-order chi connectivity index (χ1) is 10.8. The second kappa shape index (κ2) is 5.90. The summed E-state index contributed by atoms with van der Waals surface area (Å²) in [6, 6.07) is 10.5. The Labute approximate surface area is 147 Å². The van der Waals surface area contributed by atoms with Crippen LogP contribution >= 0.6 is 0 Å². The van der Waals surface area contributed by atoms with Crippen LogP contribution in [0.15, 0.2) is 42.0 Å². The number of carbonyl (C=O) groups excluding carboxylic acids is 1. The molecule has 1 unspecified atom stereocenters. The fourth-order valence-corrected chi connectivity index (χ4v) is 6.73. The molecule has 0 N–H and O–H groups in total. The first-order valence-electron chi connectivity index (χ1n) is 8.76. The Kier molecular flexibility index (Phi) is 4.36. The van der Waals surface area contributed by atoms with Crippen molar-refractivity contribution in [2.45, 2.75) is 64.1 Å². The van der Waals surface area contributed by atoms with Crippen molar-refractivity contribution in [3.8, 4) is 0 Å². The Bertz CT molecular complexity index is 631. The molecule has 3 rings (SSSR count). The van der Waals surface area contributed by atoms with Crippen molar-refractivity contribution in [2.75, 3.05) is 0 Å². The van der Waals surface area contributed by atoms with Gasteiger partial charge in [0, 0.05) is 0 Å². The van der Waals surface area contributed by atoms with E-state index in [2.05, 4.69) is 52.0 Å². The van der Waals surface area contributed by atoms with E-state index in [1.54, 1.807) is 0 Å². The molecule has 2 aliphatic rings. The average molecular weight is 375 g/mol. The van der Waals surface area contributed by atoms with Gasteiger partial charge in [-0.2, -0.15) is 0 Å². The van der Waals surface area contributed by atoms with Gasteiger partial charge in [0.1, 0.15) is 0 Å². The van der Waals surface area contributed by atoms with Crippen LogP contribution < -0.4 is 4.46 Å². The molecule has 0 aromatic heterocycles. The SMILES string of the molecule is CC1([Se]c2ccccc2)CCC([C@@]2(C)CCCC2(C)C)=CC1=O. The molecule has 1 aromatic rings. The molecule has 23 heavy (non-hydrogen) atoms. The van der Waals surface area contributed by atoms with Crippen LogP contribution in [0, 0.1) is 10.8 Å². The van der Waals surface area contributed by atoms with Crippen molar-refractivity contribution in [2.24, 2.45) is 10.8 Å². The Morgan fingerprint density at radius 2 is 1.65 bits per heavy atom. The summed E-state index contributed by atoms with van der Waals surface area (Å²) in [5.41, 5.74) is 1.95. The van der Waals surface area contributed by atoms with Crippen LogP contribution in [0.1, 0.15) is 59.8 Å². The Morgan fingerprint density at radius 3 is 2.22 bits per heavy atom. The van der Waals surface area contributed by atoms with Gasteiger partial charge >= 0.3 is 147 Å². The van der Waals surface area contributed by atoms with Gasteiger partial charge in [-0.25, -0.2) is 0 Å². The molecule has 2 aliphatic carbocycles. The number of carbonyl (C=O) groups is 1. The summed E-state index contributed by atoms with van der Waals surface area (Å²) in [4.78, 5) is 13.0. The molecule has 0 heterocycles. The number of hydrogen-bond acceptors (Lipinski definition) is 1. The van der Waals surface area contributed by atoms with E-state index in [1.807, 2.05) is 12.1 Å². The third kappa shape index (κ3) is 2.96. The van der Waals surface area contributed by atoms with Crippen molar-refractivity contribution < 1.29 is 4.79 Å². The molecule has 0 spiro atoms. The zero-order chi connectivity index (χ0) is 16.7. The molecular weight excluding hydrogens is 347 g/mol. The minimum atomic E-state index is -0.170. The fraction of sp³-hybridized carbons (Fsp3) is 0.571. The van der Waals surface area contributed by atoms with Gasteiger partial charge < -0.3 is 0 Å². The zero-order valence-corrected chi connectivity index (χ0v) is 16.5. The van der Waals surface area contributed by atoms with E-state index in [0.29, 0.717) is 11.2 Å². The molecule has 0 bridgehead atoms. The van der Waals surface area contributed by atoms with Crippen LogP contribution in [-0.4, -0.2) is 20.7 Å². The Hall–Kier alpha value is -0.851. The molecule has 0 amide bonds. The molecule has 1 nitrogen and oxygen atoms in total. The number of rotatable bonds is 3. The van der Waals surface area contributed by atoms with Crippen LogP contribution in [0.4, 0.5) is 0 Å². The van der Waals surface area contributed by atoms with Crippen molar-refractivity contribution in [3.63, 3.8) is 0 Å². The standard InChI is InChI=1S/C21H28OSe/c1-19(2)12-8-13-20(19,3)16-11-14-21(4,18(22)15-16)23-17-9-6-5-7-10-17/h5-7,9-10,15H,8,11-14H2,1-4H3/t20-,21?/m1/s1. The first-order valence-corrected chi connectivity index (χ1v) is 10.5. The number of allylic oxidation sites excluding steroid dienone is 2. The van der Waals surface area contributed by atoms with Crippen LogP contribution in [0.25, 0.3) is 0 Å². The quantitative estimate of drug-likeness (QED) is 0.700. The molecule has 2 heteroatoms. The number of benzene rings is 1. The summed E-state index contributed by atoms with van der Waals surface area (Å²) in [6.07, 6.45) is 7.95. The molecular formula is C21H28OSe. The fourth-order valence-electron chi connectivity index (χ4n) is 4.26. The van der Waals surface area contributed by atoms with Crippen LogP contribution in [0.2, 0.25) is 4.31 Å². The van der Waals surface area contributed by atoms with Crippen molar-refractivity contribution in [1.82, 2.24) is 0 Å². The normalized spacial score (nSPS) is 33.6. The maximum absolute atomic E-state index is 13.0. The van der Waals surface area contributed by atoms with Gasteiger partial charge in [0.25, 0.3) is 0 Å². The van der Waals surface area contributed by atoms with Crippen LogP contribution in [-0.2, 0) is 4.79 Å². The van der Waals surface area contributed by atoms with E-state index >= 15 is 0 Å². The molecule has 1 fully saturated rings. The topological polar surface area (TPSA) is 17.1 Å². The third-order valence-corrected chi connectivity index (χ3v) is 9.33. The van der Waals surface area contributed by atoms with Crippen molar-refractivity contribution in [1.29, 1.82) is 0 Å². The molecule has 0 radical (unpaired) electrons. The van der Waals surface area contributed by atoms with Crippen LogP contribution in [0.5, 0.6) is 0 Å². The Balaban J connectivity index is 1.84. The van der Waals surface area contributed by atoms with E-state index in [9.17, 15) is 4.79 Å². The minimum absolute atomic E-state index is 0.170. The molecule has 2 atom stereocenters. The van der Waals surface area contributed by atoms with Gasteiger partial charge in [0.15, 0.2) is 0 Å². The molecule has 1 aromatic carbocycles. The van der Waals surface area contributed by atoms with E-state index in [0.717, 1.165) is 12.8 Å². The van der Waals surface area contributed by atoms with E-state index in [4.69, 9.17) is 0 Å². The summed E-state index contributed by atoms with van der Waals surface area (Å²) in [5, 5.41) is 0. The zero-order valence-electron chi connectivity index (χ0n) is 14.8. The summed E-state index contributed by atoms with van der Waals surface area (Å²) in [6.45, 7) is 9.34. The van der Waals surface area contributed by atoms with Gasteiger partial charge in [0.2, 0.25) is 0 Å². The van der Waals surface area contributed by atoms with Gasteiger partial charge in [-0.05, 0) is 0 Å². The van der Waals surface area contributed by atoms with E-state index in [1.165, 1.54) is 29.3 Å². The Morgan fingerprint density at radius 1 is 0.957 bits per heavy atom. The van der Waals surface area contributed by atoms with Gasteiger partial charge in [-0.3, -0.25) is 0 Å². The summed E-state index contributed by atoms with van der Waals surface area (Å²) >= 11 is 0.208. The first kappa shape index (κ1) is 17.0. The summed E-state index contributed by atoms with van der Waals surface area (Å²) in [5.74, 6) is 0.367. The third-order valence-electron chi connectivity index (χ3n) is 6.47. The predicted molar refractivity (Wildman–Crippen MR) is 98.3 cm³/mol. The summed E-state index contributed by atoms with van der Waals surface area (Å²) < 4.78 is 1.16. The van der Waals surface area contributed by atoms with Gasteiger partial charge in [-0.1, -0.05) is 0 Å². The summed E-state index contributed by atoms with van der Waals surface area (Å²) in [7, 11) is 0. The molecule has 0 aliphatic heterocycles. The van der Waals surface area contributed by atoms with E-state index in [-0.39, 0.29) is 24.7 Å². The van der Waals surface area contributed by atoms with Crippen molar-refractivity contribution >= 4 is 25.2 Å². The molecule has 0 saturated heterocycles. The maximum atomic E-state index is 13.0. The van der Waals surface area contributed by atoms with Crippen molar-refractivity contribution in [3.05, 3.63) is 42.0 Å². The number of ketones is 1. The molecule has 124 valence electrons. The second-order valence-electron chi connectivity index (χ2n) is 8.25. The predicted octanol–water partition coefficient (Wildman–Crippen LogP) is 4.70. The average Bonchev–Trinajstić information content (AvgIpc) is 2.78.